The molecule has 1 N–H and O–H groups in total. The van der Waals surface area contributed by atoms with Crippen LogP contribution in [0.3, 0.4) is 0 Å². The van der Waals surface area contributed by atoms with Gasteiger partial charge in [-0.3, -0.25) is 0 Å². The number of fused-ring (bicyclic) bond motifs is 1. The van der Waals surface area contributed by atoms with Crippen molar-refractivity contribution in [3.63, 3.8) is 0 Å². The van der Waals surface area contributed by atoms with E-state index in [1.165, 1.54) is 31.4 Å². The quantitative estimate of drug-likeness (QED) is 0.909. The van der Waals surface area contributed by atoms with Crippen molar-refractivity contribution < 1.29 is 0 Å². The van der Waals surface area contributed by atoms with E-state index < -0.39 is 0 Å². The van der Waals surface area contributed by atoms with Crippen LogP contribution in [0.5, 0.6) is 0 Å². The summed E-state index contributed by atoms with van der Waals surface area (Å²) in [7, 11) is 0. The number of hydrogen-bond acceptors (Lipinski definition) is 2. The minimum Gasteiger partial charge on any atom is -0.365 e. The number of rotatable bonds is 3. The Balaban J connectivity index is 1.91. The third kappa shape index (κ3) is 2.83. The third-order valence-electron chi connectivity index (χ3n) is 5.62. The van der Waals surface area contributed by atoms with Crippen molar-refractivity contribution in [2.75, 3.05) is 18.0 Å². The number of nitrogens with zero attached hydrogens (tertiary/aromatic N) is 1. The first-order valence-corrected chi connectivity index (χ1v) is 8.66. The smallest absolute Gasteiger partial charge is 0.0438 e. The Labute approximate surface area is 129 Å². The standard InChI is InChI=1S/C19H30N2/c1-5-19(4)13-21(18(12-20-19)14(2)3)17-10-9-15-7-6-8-16(15)11-17/h9-11,14,18,20H,5-8,12-13H2,1-4H3. The summed E-state index contributed by atoms with van der Waals surface area (Å²) < 4.78 is 0. The number of aryl methyl sites for hydroxylation is 2. The average molecular weight is 286 g/mol. The van der Waals surface area contributed by atoms with Gasteiger partial charge < -0.3 is 10.2 Å². The van der Waals surface area contributed by atoms with Gasteiger partial charge in [0.2, 0.25) is 0 Å². The van der Waals surface area contributed by atoms with Gasteiger partial charge in [-0.25, -0.2) is 0 Å². The van der Waals surface area contributed by atoms with Crippen LogP contribution in [-0.4, -0.2) is 24.7 Å². The number of anilines is 1. The van der Waals surface area contributed by atoms with Gasteiger partial charge in [-0.05, 0) is 61.8 Å². The van der Waals surface area contributed by atoms with Crippen molar-refractivity contribution in [3.8, 4) is 0 Å². The molecule has 2 aliphatic rings. The molecule has 2 heteroatoms. The molecule has 2 unspecified atom stereocenters. The number of nitrogens with one attached hydrogen (secondary N) is 1. The van der Waals surface area contributed by atoms with Crippen molar-refractivity contribution in [2.45, 2.75) is 65.0 Å². The Hall–Kier alpha value is -1.02. The minimum atomic E-state index is 0.240. The number of benzene rings is 1. The van der Waals surface area contributed by atoms with Gasteiger partial charge in [-0.15, -0.1) is 0 Å². The topological polar surface area (TPSA) is 15.3 Å². The molecule has 0 spiro atoms. The first kappa shape index (κ1) is 14.9. The van der Waals surface area contributed by atoms with Gasteiger partial charge in [0.15, 0.2) is 0 Å². The molecule has 21 heavy (non-hydrogen) atoms. The molecule has 0 amide bonds. The molecular formula is C19H30N2. The predicted octanol–water partition coefficient (Wildman–Crippen LogP) is 3.78. The van der Waals surface area contributed by atoms with Crippen LogP contribution in [0.1, 0.15) is 51.7 Å². The van der Waals surface area contributed by atoms with Gasteiger partial charge in [-0.1, -0.05) is 26.8 Å². The molecule has 1 heterocycles. The molecule has 1 aliphatic carbocycles. The fraction of sp³-hybridized carbons (Fsp3) is 0.684. The first-order chi connectivity index (χ1) is 10.0. The SMILES string of the molecule is CCC1(C)CN(c2ccc3c(c2)CCC3)C(C(C)C)CN1. The minimum absolute atomic E-state index is 0.240. The molecule has 1 aliphatic heterocycles. The molecule has 0 radical (unpaired) electrons. The van der Waals surface area contributed by atoms with Crippen LogP contribution in [0.25, 0.3) is 0 Å². The van der Waals surface area contributed by atoms with Crippen molar-refractivity contribution in [1.82, 2.24) is 5.32 Å². The lowest BCUT2D eigenvalue weighted by Crippen LogP contribution is -2.64. The van der Waals surface area contributed by atoms with Crippen molar-refractivity contribution >= 4 is 5.69 Å². The number of hydrogen-bond donors (Lipinski definition) is 1. The maximum atomic E-state index is 3.79. The Morgan fingerprint density at radius 1 is 1.29 bits per heavy atom. The molecule has 2 nitrogen and oxygen atoms in total. The highest BCUT2D eigenvalue weighted by molar-refractivity contribution is 5.54. The summed E-state index contributed by atoms with van der Waals surface area (Å²) in [6.45, 7) is 11.6. The third-order valence-corrected chi connectivity index (χ3v) is 5.62. The van der Waals surface area contributed by atoms with E-state index in [-0.39, 0.29) is 5.54 Å². The molecule has 1 aromatic carbocycles. The highest BCUT2D eigenvalue weighted by Crippen LogP contribution is 2.32. The van der Waals surface area contributed by atoms with E-state index in [4.69, 9.17) is 0 Å². The highest BCUT2D eigenvalue weighted by atomic mass is 15.3. The molecular weight excluding hydrogens is 256 g/mol. The zero-order valence-electron chi connectivity index (χ0n) is 14.1. The zero-order chi connectivity index (χ0) is 15.0. The second-order valence-corrected chi connectivity index (χ2v) is 7.54. The molecule has 1 aromatic rings. The average Bonchev–Trinajstić information content (AvgIpc) is 2.94. The lowest BCUT2D eigenvalue weighted by molar-refractivity contribution is 0.253. The van der Waals surface area contributed by atoms with E-state index >= 15 is 0 Å². The lowest BCUT2D eigenvalue weighted by Gasteiger charge is -2.49. The molecule has 1 saturated heterocycles. The van der Waals surface area contributed by atoms with Crippen molar-refractivity contribution in [3.05, 3.63) is 29.3 Å². The van der Waals surface area contributed by atoms with E-state index in [1.54, 1.807) is 11.1 Å². The molecule has 0 bridgehead atoms. The summed E-state index contributed by atoms with van der Waals surface area (Å²) >= 11 is 0. The van der Waals surface area contributed by atoms with E-state index in [1.807, 2.05) is 0 Å². The van der Waals surface area contributed by atoms with Gasteiger partial charge in [-0.2, -0.15) is 0 Å². The van der Waals surface area contributed by atoms with Crippen LogP contribution in [0.15, 0.2) is 18.2 Å². The van der Waals surface area contributed by atoms with Gasteiger partial charge >= 0.3 is 0 Å². The fourth-order valence-corrected chi connectivity index (χ4v) is 3.86. The second-order valence-electron chi connectivity index (χ2n) is 7.54. The van der Waals surface area contributed by atoms with Gasteiger partial charge in [0.1, 0.15) is 0 Å². The monoisotopic (exact) mass is 286 g/mol. The Morgan fingerprint density at radius 2 is 2.05 bits per heavy atom. The first-order valence-electron chi connectivity index (χ1n) is 8.66. The van der Waals surface area contributed by atoms with Crippen LogP contribution in [0.2, 0.25) is 0 Å². The Kier molecular flexibility index (Phi) is 4.00. The maximum absolute atomic E-state index is 3.79. The molecule has 2 atom stereocenters. The van der Waals surface area contributed by atoms with Gasteiger partial charge in [0.05, 0.1) is 0 Å². The van der Waals surface area contributed by atoms with Gasteiger partial charge in [0.25, 0.3) is 0 Å². The van der Waals surface area contributed by atoms with E-state index in [2.05, 4.69) is 56.1 Å². The molecule has 3 rings (SSSR count). The maximum Gasteiger partial charge on any atom is 0.0438 e. The summed E-state index contributed by atoms with van der Waals surface area (Å²) in [5.74, 6) is 0.673. The Morgan fingerprint density at radius 3 is 2.76 bits per heavy atom. The number of piperazine rings is 1. The van der Waals surface area contributed by atoms with Crippen LogP contribution in [0, 0.1) is 5.92 Å². The summed E-state index contributed by atoms with van der Waals surface area (Å²) in [5.41, 5.74) is 4.85. The van der Waals surface area contributed by atoms with E-state index in [0.717, 1.165) is 13.1 Å². The van der Waals surface area contributed by atoms with Crippen LogP contribution < -0.4 is 10.2 Å². The molecule has 116 valence electrons. The summed E-state index contributed by atoms with van der Waals surface area (Å²) in [6, 6.07) is 7.81. The predicted molar refractivity (Wildman–Crippen MR) is 91.1 cm³/mol. The summed E-state index contributed by atoms with van der Waals surface area (Å²) in [4.78, 5) is 2.67. The largest absolute Gasteiger partial charge is 0.365 e. The van der Waals surface area contributed by atoms with Crippen molar-refractivity contribution in [2.24, 2.45) is 5.92 Å². The zero-order valence-corrected chi connectivity index (χ0v) is 14.1. The summed E-state index contributed by atoms with van der Waals surface area (Å²) in [5, 5.41) is 3.79. The molecule has 0 aromatic heterocycles. The van der Waals surface area contributed by atoms with E-state index in [9.17, 15) is 0 Å². The normalized spacial score (nSPS) is 29.0. The van der Waals surface area contributed by atoms with Crippen LogP contribution in [-0.2, 0) is 12.8 Å². The molecule has 1 fully saturated rings. The summed E-state index contributed by atoms with van der Waals surface area (Å²) in [6.07, 6.45) is 5.06. The fourth-order valence-electron chi connectivity index (χ4n) is 3.86. The van der Waals surface area contributed by atoms with E-state index in [0.29, 0.717) is 12.0 Å². The second kappa shape index (κ2) is 5.64. The van der Waals surface area contributed by atoms with Crippen molar-refractivity contribution in [1.29, 1.82) is 0 Å². The Bertz CT molecular complexity index is 508. The van der Waals surface area contributed by atoms with Crippen LogP contribution >= 0.6 is 0 Å². The lowest BCUT2D eigenvalue weighted by atomic mass is 9.89. The van der Waals surface area contributed by atoms with Gasteiger partial charge in [0, 0.05) is 30.4 Å². The van der Waals surface area contributed by atoms with Crippen LogP contribution in [0.4, 0.5) is 5.69 Å². The highest BCUT2D eigenvalue weighted by Gasteiger charge is 2.36. The molecule has 0 saturated carbocycles.